The molecule has 11 heavy (non-hydrogen) atoms. The SMILES string of the molecule is CC1=CC(C(C)C)=C(C)C[CH]1. The molecule has 0 N–H and O–H groups in total. The van der Waals surface area contributed by atoms with Crippen molar-refractivity contribution in [1.29, 1.82) is 0 Å². The van der Waals surface area contributed by atoms with E-state index in [-0.39, 0.29) is 0 Å². The molecule has 0 fully saturated rings. The molecule has 61 valence electrons. The lowest BCUT2D eigenvalue weighted by Crippen LogP contribution is -2.01. The monoisotopic (exact) mass is 149 g/mol. The molecule has 0 spiro atoms. The van der Waals surface area contributed by atoms with Crippen LogP contribution in [0.25, 0.3) is 0 Å². The summed E-state index contributed by atoms with van der Waals surface area (Å²) >= 11 is 0. The molecule has 0 nitrogen and oxygen atoms in total. The number of allylic oxidation sites excluding steroid dienone is 4. The Balaban J connectivity index is 2.89. The molecule has 1 rings (SSSR count). The Morgan fingerprint density at radius 1 is 1.27 bits per heavy atom. The van der Waals surface area contributed by atoms with Crippen molar-refractivity contribution in [3.8, 4) is 0 Å². The number of hydrogen-bond donors (Lipinski definition) is 0. The van der Waals surface area contributed by atoms with Gasteiger partial charge in [0.1, 0.15) is 0 Å². The van der Waals surface area contributed by atoms with Gasteiger partial charge < -0.3 is 0 Å². The maximum Gasteiger partial charge on any atom is -0.00967 e. The second kappa shape index (κ2) is 3.25. The van der Waals surface area contributed by atoms with Crippen LogP contribution in [0.5, 0.6) is 0 Å². The third-order valence-corrected chi connectivity index (χ3v) is 2.23. The van der Waals surface area contributed by atoms with E-state index >= 15 is 0 Å². The van der Waals surface area contributed by atoms with Gasteiger partial charge in [0.15, 0.2) is 0 Å². The van der Waals surface area contributed by atoms with Crippen molar-refractivity contribution < 1.29 is 0 Å². The van der Waals surface area contributed by atoms with Crippen LogP contribution in [-0.4, -0.2) is 0 Å². The van der Waals surface area contributed by atoms with Crippen LogP contribution in [0.4, 0.5) is 0 Å². The predicted molar refractivity (Wildman–Crippen MR) is 50.2 cm³/mol. The second-order valence-electron chi connectivity index (χ2n) is 3.69. The molecule has 0 unspecified atom stereocenters. The van der Waals surface area contributed by atoms with Crippen LogP contribution < -0.4 is 0 Å². The van der Waals surface area contributed by atoms with Gasteiger partial charge in [-0.2, -0.15) is 0 Å². The highest BCUT2D eigenvalue weighted by Gasteiger charge is 2.09. The minimum atomic E-state index is 0.679. The molecule has 0 heterocycles. The molecule has 0 aromatic carbocycles. The van der Waals surface area contributed by atoms with Gasteiger partial charge in [0.2, 0.25) is 0 Å². The summed E-state index contributed by atoms with van der Waals surface area (Å²) in [6, 6.07) is 0. The van der Waals surface area contributed by atoms with Gasteiger partial charge in [0, 0.05) is 0 Å². The topological polar surface area (TPSA) is 0 Å². The predicted octanol–water partition coefficient (Wildman–Crippen LogP) is 3.51. The van der Waals surface area contributed by atoms with Crippen molar-refractivity contribution in [1.82, 2.24) is 0 Å². The molecule has 0 bridgehead atoms. The van der Waals surface area contributed by atoms with Gasteiger partial charge in [-0.25, -0.2) is 0 Å². The quantitative estimate of drug-likeness (QED) is 0.535. The molecule has 0 saturated carbocycles. The Morgan fingerprint density at radius 2 is 1.91 bits per heavy atom. The summed E-state index contributed by atoms with van der Waals surface area (Å²) in [6.45, 7) is 8.92. The molecule has 1 aliphatic rings. The summed E-state index contributed by atoms with van der Waals surface area (Å²) in [6.07, 6.45) is 5.75. The maximum atomic E-state index is 2.31. The van der Waals surface area contributed by atoms with Crippen molar-refractivity contribution in [3.63, 3.8) is 0 Å². The lowest BCUT2D eigenvalue weighted by molar-refractivity contribution is 0.764. The second-order valence-corrected chi connectivity index (χ2v) is 3.69. The molecule has 0 saturated heterocycles. The summed E-state index contributed by atoms with van der Waals surface area (Å²) in [4.78, 5) is 0. The molecule has 0 aromatic rings. The molecule has 1 aliphatic carbocycles. The van der Waals surface area contributed by atoms with Crippen LogP contribution >= 0.6 is 0 Å². The van der Waals surface area contributed by atoms with E-state index in [9.17, 15) is 0 Å². The largest absolute Gasteiger partial charge is 0.0692 e. The summed E-state index contributed by atoms with van der Waals surface area (Å²) < 4.78 is 0. The smallest absolute Gasteiger partial charge is 0.00967 e. The fourth-order valence-corrected chi connectivity index (χ4v) is 1.52. The van der Waals surface area contributed by atoms with Crippen LogP contribution in [0.15, 0.2) is 22.8 Å². The minimum absolute atomic E-state index is 0.679. The van der Waals surface area contributed by atoms with Crippen molar-refractivity contribution in [3.05, 3.63) is 29.2 Å². The first-order valence-corrected chi connectivity index (χ1v) is 4.32. The average Bonchev–Trinajstić information content (AvgIpc) is 1.94. The van der Waals surface area contributed by atoms with Crippen molar-refractivity contribution in [2.45, 2.75) is 34.1 Å². The summed E-state index contributed by atoms with van der Waals surface area (Å²) in [5.41, 5.74) is 4.48. The van der Waals surface area contributed by atoms with Crippen LogP contribution in [0.1, 0.15) is 34.1 Å². The fourth-order valence-electron chi connectivity index (χ4n) is 1.52. The van der Waals surface area contributed by atoms with Crippen LogP contribution in [-0.2, 0) is 0 Å². The number of rotatable bonds is 1. The van der Waals surface area contributed by atoms with Gasteiger partial charge in [0.05, 0.1) is 0 Å². The lowest BCUT2D eigenvalue weighted by Gasteiger charge is -2.18. The zero-order valence-corrected chi connectivity index (χ0v) is 7.94. The van der Waals surface area contributed by atoms with Gasteiger partial charge in [-0.05, 0) is 38.2 Å². The molecule has 1 radical (unpaired) electrons. The van der Waals surface area contributed by atoms with Crippen LogP contribution in [0.2, 0.25) is 0 Å². The first-order valence-electron chi connectivity index (χ1n) is 4.32. The number of hydrogen-bond acceptors (Lipinski definition) is 0. The molecule has 0 amide bonds. The van der Waals surface area contributed by atoms with Gasteiger partial charge in [-0.15, -0.1) is 0 Å². The van der Waals surface area contributed by atoms with E-state index in [0.717, 1.165) is 6.42 Å². The highest BCUT2D eigenvalue weighted by Crippen LogP contribution is 2.27. The van der Waals surface area contributed by atoms with Crippen LogP contribution in [0.3, 0.4) is 0 Å². The molecule has 0 heteroatoms. The molecular formula is C11H17. The van der Waals surface area contributed by atoms with Gasteiger partial charge >= 0.3 is 0 Å². The van der Waals surface area contributed by atoms with Crippen molar-refractivity contribution >= 4 is 0 Å². The molecular weight excluding hydrogens is 132 g/mol. The third-order valence-electron chi connectivity index (χ3n) is 2.23. The van der Waals surface area contributed by atoms with Crippen molar-refractivity contribution in [2.75, 3.05) is 0 Å². The van der Waals surface area contributed by atoms with E-state index in [0.29, 0.717) is 5.92 Å². The van der Waals surface area contributed by atoms with Crippen LogP contribution in [0, 0.1) is 12.3 Å². The van der Waals surface area contributed by atoms with E-state index in [2.05, 4.69) is 40.2 Å². The highest BCUT2D eigenvalue weighted by atomic mass is 14.2. The lowest BCUT2D eigenvalue weighted by atomic mass is 9.88. The molecule has 0 aromatic heterocycles. The van der Waals surface area contributed by atoms with E-state index in [1.165, 1.54) is 16.7 Å². The standard InChI is InChI=1S/C11H17/c1-8(2)11-7-9(3)5-6-10(11)4/h5,7-8H,6H2,1-4H3. The zero-order valence-electron chi connectivity index (χ0n) is 7.94. The average molecular weight is 149 g/mol. The van der Waals surface area contributed by atoms with E-state index in [1.54, 1.807) is 0 Å². The summed E-state index contributed by atoms with van der Waals surface area (Å²) in [7, 11) is 0. The highest BCUT2D eigenvalue weighted by molar-refractivity contribution is 5.37. The summed E-state index contributed by atoms with van der Waals surface area (Å²) in [5, 5.41) is 0. The summed E-state index contributed by atoms with van der Waals surface area (Å²) in [5.74, 6) is 0.679. The molecule has 0 atom stereocenters. The fraction of sp³-hybridized carbons (Fsp3) is 0.545. The first kappa shape index (κ1) is 8.58. The van der Waals surface area contributed by atoms with E-state index in [1.807, 2.05) is 0 Å². The Morgan fingerprint density at radius 3 is 2.36 bits per heavy atom. The normalized spacial score (nSPS) is 19.2. The Bertz CT molecular complexity index is 204. The van der Waals surface area contributed by atoms with E-state index < -0.39 is 0 Å². The van der Waals surface area contributed by atoms with E-state index in [4.69, 9.17) is 0 Å². The Kier molecular flexibility index (Phi) is 2.53. The van der Waals surface area contributed by atoms with Gasteiger partial charge in [-0.3, -0.25) is 0 Å². The Hall–Kier alpha value is -0.520. The van der Waals surface area contributed by atoms with Gasteiger partial charge in [-0.1, -0.05) is 31.1 Å². The van der Waals surface area contributed by atoms with Gasteiger partial charge in [0.25, 0.3) is 0 Å². The molecule has 0 aliphatic heterocycles. The Labute approximate surface area is 70.0 Å². The zero-order chi connectivity index (χ0) is 8.43. The first-order chi connectivity index (χ1) is 5.11. The minimum Gasteiger partial charge on any atom is -0.0692 e. The van der Waals surface area contributed by atoms with Crippen molar-refractivity contribution in [2.24, 2.45) is 5.92 Å². The third kappa shape index (κ3) is 1.95. The maximum absolute atomic E-state index is 2.31.